The van der Waals surface area contributed by atoms with E-state index in [1.165, 1.54) is 0 Å². The van der Waals surface area contributed by atoms with Crippen molar-refractivity contribution in [2.24, 2.45) is 10.3 Å². The molecule has 4 rings (SSSR count). The molecule has 2 aromatic rings. The molecule has 2 aliphatic heterocycles. The van der Waals surface area contributed by atoms with E-state index in [0.717, 1.165) is 0 Å². The van der Waals surface area contributed by atoms with Crippen LogP contribution < -0.4 is 4.74 Å². The minimum Gasteiger partial charge on any atom is -0.426 e. The van der Waals surface area contributed by atoms with Crippen molar-refractivity contribution in [3.05, 3.63) is 60.2 Å². The lowest BCUT2D eigenvalue weighted by molar-refractivity contribution is -0.140. The Balaban J connectivity index is 1.44. The predicted octanol–water partition coefficient (Wildman–Crippen LogP) is 2.45. The number of amidine groups is 1. The Morgan fingerprint density at radius 3 is 2.38 bits per heavy atom. The monoisotopic (exact) mass is 370 g/mol. The third kappa shape index (κ3) is 3.10. The van der Waals surface area contributed by atoms with Crippen LogP contribution in [0.4, 0.5) is 0 Å². The second-order valence-corrected chi connectivity index (χ2v) is 7.95. The Kier molecular flexibility index (Phi) is 4.24. The van der Waals surface area contributed by atoms with Gasteiger partial charge < -0.3 is 9.64 Å². The molecule has 6 nitrogen and oxygen atoms in total. The Hall–Kier alpha value is -2.67. The van der Waals surface area contributed by atoms with Gasteiger partial charge in [0, 0.05) is 18.7 Å². The van der Waals surface area contributed by atoms with Gasteiger partial charge in [0.05, 0.1) is 5.92 Å². The van der Waals surface area contributed by atoms with E-state index in [9.17, 15) is 13.2 Å². The molecular formula is C19H18N2O4S. The Morgan fingerprint density at radius 2 is 1.65 bits per heavy atom. The maximum absolute atomic E-state index is 12.3. The van der Waals surface area contributed by atoms with Gasteiger partial charge in [0.1, 0.15) is 10.6 Å². The second kappa shape index (κ2) is 6.57. The molecule has 0 unspecified atom stereocenters. The maximum Gasteiger partial charge on any atom is 0.314 e. The molecule has 0 aromatic heterocycles. The Morgan fingerprint density at radius 1 is 1.00 bits per heavy atom. The highest BCUT2D eigenvalue weighted by molar-refractivity contribution is 7.90. The molecular weight excluding hydrogens is 352 g/mol. The average molecular weight is 370 g/mol. The van der Waals surface area contributed by atoms with E-state index in [-0.39, 0.29) is 16.8 Å². The van der Waals surface area contributed by atoms with Crippen molar-refractivity contribution in [1.82, 2.24) is 4.90 Å². The van der Waals surface area contributed by atoms with Crippen molar-refractivity contribution in [3.63, 3.8) is 0 Å². The molecule has 1 saturated heterocycles. The minimum absolute atomic E-state index is 0.194. The molecule has 2 heterocycles. The summed E-state index contributed by atoms with van der Waals surface area (Å²) in [5.74, 6) is 0.591. The predicted molar refractivity (Wildman–Crippen MR) is 96.5 cm³/mol. The molecule has 0 saturated carbocycles. The molecule has 134 valence electrons. The maximum atomic E-state index is 12.3. The van der Waals surface area contributed by atoms with Gasteiger partial charge >= 0.3 is 5.97 Å². The quantitative estimate of drug-likeness (QED) is 0.600. The van der Waals surface area contributed by atoms with Crippen LogP contribution in [0.5, 0.6) is 5.75 Å². The minimum atomic E-state index is -3.62. The number of para-hydroxylation sites is 1. The van der Waals surface area contributed by atoms with E-state index in [1.807, 2.05) is 23.1 Å². The van der Waals surface area contributed by atoms with Crippen molar-refractivity contribution >= 4 is 21.8 Å². The fourth-order valence-corrected chi connectivity index (χ4v) is 4.56. The lowest BCUT2D eigenvalue weighted by Crippen LogP contribution is -2.41. The molecule has 0 radical (unpaired) electrons. The third-order valence-corrected chi connectivity index (χ3v) is 6.03. The summed E-state index contributed by atoms with van der Waals surface area (Å²) in [6.07, 6.45) is 1.21. The number of hydrogen-bond donors (Lipinski definition) is 0. The van der Waals surface area contributed by atoms with Crippen LogP contribution in [0.15, 0.2) is 63.9 Å². The lowest BCUT2D eigenvalue weighted by Gasteiger charge is -2.32. The van der Waals surface area contributed by atoms with Gasteiger partial charge in [-0.05, 0) is 37.1 Å². The van der Waals surface area contributed by atoms with Crippen molar-refractivity contribution < 1.29 is 17.9 Å². The topological polar surface area (TPSA) is 76.0 Å². The van der Waals surface area contributed by atoms with Crippen LogP contribution in [-0.4, -0.2) is 38.2 Å². The highest BCUT2D eigenvalue weighted by atomic mass is 32.2. The average Bonchev–Trinajstić information content (AvgIpc) is 2.94. The SMILES string of the molecule is O=C(Oc1ccccc1)C1CCN(C2=NS(=O)(=O)c3ccccc32)CC1. The number of piperidine rings is 1. The third-order valence-electron chi connectivity index (χ3n) is 4.70. The van der Waals surface area contributed by atoms with Crippen molar-refractivity contribution in [2.45, 2.75) is 17.7 Å². The van der Waals surface area contributed by atoms with Crippen LogP contribution in [0.3, 0.4) is 0 Å². The normalized spacial score (nSPS) is 18.9. The van der Waals surface area contributed by atoms with Crippen LogP contribution in [0.25, 0.3) is 0 Å². The smallest absolute Gasteiger partial charge is 0.314 e. The van der Waals surface area contributed by atoms with Crippen molar-refractivity contribution in [2.75, 3.05) is 13.1 Å². The molecule has 2 aliphatic rings. The summed E-state index contributed by atoms with van der Waals surface area (Å²) >= 11 is 0. The number of benzene rings is 2. The first kappa shape index (κ1) is 16.8. The van der Waals surface area contributed by atoms with Gasteiger partial charge in [-0.3, -0.25) is 4.79 Å². The molecule has 0 aliphatic carbocycles. The fourth-order valence-electron chi connectivity index (χ4n) is 3.33. The summed E-state index contributed by atoms with van der Waals surface area (Å²) in [7, 11) is -3.62. The first-order valence-electron chi connectivity index (χ1n) is 8.51. The number of ether oxygens (including phenoxy) is 1. The summed E-state index contributed by atoms with van der Waals surface area (Å²) in [6, 6.07) is 15.9. The number of rotatable bonds is 2. The summed E-state index contributed by atoms with van der Waals surface area (Å²) in [5.41, 5.74) is 0.637. The van der Waals surface area contributed by atoms with Crippen LogP contribution in [-0.2, 0) is 14.8 Å². The first-order chi connectivity index (χ1) is 12.5. The molecule has 1 fully saturated rings. The molecule has 0 N–H and O–H groups in total. The van der Waals surface area contributed by atoms with E-state index < -0.39 is 10.0 Å². The van der Waals surface area contributed by atoms with E-state index in [4.69, 9.17) is 4.74 Å². The summed E-state index contributed by atoms with van der Waals surface area (Å²) in [6.45, 7) is 1.13. The van der Waals surface area contributed by atoms with Gasteiger partial charge in [-0.1, -0.05) is 30.3 Å². The molecule has 0 atom stereocenters. The Bertz CT molecular complexity index is 962. The summed E-state index contributed by atoms with van der Waals surface area (Å²) in [4.78, 5) is 14.5. The number of sulfonamides is 1. The molecule has 26 heavy (non-hydrogen) atoms. The highest BCUT2D eigenvalue weighted by Crippen LogP contribution is 2.30. The van der Waals surface area contributed by atoms with E-state index >= 15 is 0 Å². The summed E-state index contributed by atoms with van der Waals surface area (Å²) < 4.78 is 33.8. The molecule has 2 aromatic carbocycles. The standard InChI is InChI=1S/C19H18N2O4S/c22-19(25-15-6-2-1-3-7-15)14-10-12-21(13-11-14)18-16-8-4-5-9-17(16)26(23,24)20-18/h1-9,14H,10-13H2. The number of carbonyl (C=O) groups excluding carboxylic acids is 1. The van der Waals surface area contributed by atoms with E-state index in [2.05, 4.69) is 4.40 Å². The van der Waals surface area contributed by atoms with Gasteiger partial charge in [-0.2, -0.15) is 8.42 Å². The first-order valence-corrected chi connectivity index (χ1v) is 9.95. The van der Waals surface area contributed by atoms with E-state index in [1.54, 1.807) is 36.4 Å². The molecule has 0 bridgehead atoms. The van der Waals surface area contributed by atoms with Crippen molar-refractivity contribution in [3.8, 4) is 5.75 Å². The van der Waals surface area contributed by atoms with Crippen LogP contribution >= 0.6 is 0 Å². The largest absolute Gasteiger partial charge is 0.426 e. The van der Waals surface area contributed by atoms with Gasteiger partial charge in [0.25, 0.3) is 10.0 Å². The number of carbonyl (C=O) groups is 1. The van der Waals surface area contributed by atoms with Gasteiger partial charge in [-0.25, -0.2) is 0 Å². The van der Waals surface area contributed by atoms with Crippen LogP contribution in [0.2, 0.25) is 0 Å². The second-order valence-electron chi connectivity index (χ2n) is 6.38. The summed E-state index contributed by atoms with van der Waals surface area (Å²) in [5, 5.41) is 0. The van der Waals surface area contributed by atoms with Gasteiger partial charge in [-0.15, -0.1) is 4.40 Å². The molecule has 0 amide bonds. The van der Waals surface area contributed by atoms with Crippen LogP contribution in [0.1, 0.15) is 18.4 Å². The van der Waals surface area contributed by atoms with E-state index in [0.29, 0.717) is 43.1 Å². The number of esters is 1. The van der Waals surface area contributed by atoms with Crippen molar-refractivity contribution in [1.29, 1.82) is 0 Å². The Labute approximate surface area is 152 Å². The lowest BCUT2D eigenvalue weighted by atomic mass is 9.96. The number of hydrogen-bond acceptors (Lipinski definition) is 5. The fraction of sp³-hybridized carbons (Fsp3) is 0.263. The zero-order valence-corrected chi connectivity index (χ0v) is 14.9. The van der Waals surface area contributed by atoms with Crippen LogP contribution in [0, 0.1) is 5.92 Å². The zero-order valence-electron chi connectivity index (χ0n) is 14.0. The number of nitrogens with zero attached hydrogens (tertiary/aromatic N) is 2. The molecule has 0 spiro atoms. The van der Waals surface area contributed by atoms with Gasteiger partial charge in [0.2, 0.25) is 0 Å². The highest BCUT2D eigenvalue weighted by Gasteiger charge is 2.34. The van der Waals surface area contributed by atoms with Gasteiger partial charge in [0.15, 0.2) is 5.84 Å². The molecule has 7 heteroatoms. The number of fused-ring (bicyclic) bond motifs is 1. The number of likely N-dealkylation sites (tertiary alicyclic amines) is 1. The zero-order chi connectivity index (χ0) is 18.1.